The summed E-state index contributed by atoms with van der Waals surface area (Å²) in [6, 6.07) is 2.76. The predicted molar refractivity (Wildman–Crippen MR) is 154 cm³/mol. The van der Waals surface area contributed by atoms with Gasteiger partial charge in [0.05, 0.1) is 32.3 Å². The molecule has 0 aromatic heterocycles. The molecule has 1 heterocycles. The highest BCUT2D eigenvalue weighted by Gasteiger charge is 2.51. The van der Waals surface area contributed by atoms with Crippen molar-refractivity contribution in [3.8, 4) is 11.5 Å². The number of amides is 2. The molecule has 0 saturated heterocycles. The second-order valence-corrected chi connectivity index (χ2v) is 12.3. The van der Waals surface area contributed by atoms with Crippen LogP contribution in [0.25, 0.3) is 0 Å². The molecule has 9 heteroatoms. The monoisotopic (exact) mass is 570 g/mol. The fourth-order valence-electron chi connectivity index (χ4n) is 7.43. The number of hydrogen-bond donors (Lipinski definition) is 4. The number of carbonyl (C=O) groups is 2. The Bertz CT molecular complexity index is 1110. The van der Waals surface area contributed by atoms with Crippen LogP contribution in [0.15, 0.2) is 23.8 Å². The van der Waals surface area contributed by atoms with Crippen molar-refractivity contribution in [2.24, 2.45) is 11.8 Å². The number of aliphatic hydroxyl groups is 3. The van der Waals surface area contributed by atoms with Crippen LogP contribution in [0.3, 0.4) is 0 Å². The van der Waals surface area contributed by atoms with E-state index in [4.69, 9.17) is 9.47 Å². The molecule has 4 atom stereocenters. The van der Waals surface area contributed by atoms with Crippen molar-refractivity contribution in [3.63, 3.8) is 0 Å². The summed E-state index contributed by atoms with van der Waals surface area (Å²) in [5.41, 5.74) is 1.66. The lowest BCUT2D eigenvalue weighted by Crippen LogP contribution is -2.56. The van der Waals surface area contributed by atoms with E-state index in [1.54, 1.807) is 18.2 Å². The minimum atomic E-state index is -1.07. The molecular formula is C32H46N2O7. The fraction of sp³-hybridized carbons (Fsp3) is 0.688. The third-order valence-corrected chi connectivity index (χ3v) is 9.60. The standard InChI is InChI=1S/C32H46N2O7/c1-40-26-16-22(19-36)15-23-28-24(32(39)33-13-14-35)17-25(29(38)31(28)41-30(23)26)34(18-21-9-3-2-4-10-21)27(37)12-11-20-7-5-6-8-20/h15-17,20-21,25,28-29,31,35-36,38H,2-14,18-19H2,1H3,(H,33,39)/t25-,28+,29+,31+/m1/s1. The first-order valence-electron chi connectivity index (χ1n) is 15.5. The van der Waals surface area contributed by atoms with Crippen molar-refractivity contribution in [1.82, 2.24) is 10.2 Å². The highest BCUT2D eigenvalue weighted by Crippen LogP contribution is 2.51. The fourth-order valence-corrected chi connectivity index (χ4v) is 7.43. The van der Waals surface area contributed by atoms with E-state index in [0.29, 0.717) is 53.0 Å². The summed E-state index contributed by atoms with van der Waals surface area (Å²) < 4.78 is 11.9. The van der Waals surface area contributed by atoms with E-state index in [2.05, 4.69) is 5.32 Å². The summed E-state index contributed by atoms with van der Waals surface area (Å²) in [7, 11) is 1.51. The maximum atomic E-state index is 13.9. The van der Waals surface area contributed by atoms with Gasteiger partial charge in [0.25, 0.3) is 0 Å². The van der Waals surface area contributed by atoms with Crippen LogP contribution < -0.4 is 14.8 Å². The number of fused-ring (bicyclic) bond motifs is 3. The molecule has 3 aliphatic carbocycles. The summed E-state index contributed by atoms with van der Waals surface area (Å²) in [6.07, 6.45) is 11.6. The second kappa shape index (κ2) is 13.6. The molecule has 1 aromatic rings. The zero-order valence-electron chi connectivity index (χ0n) is 24.2. The van der Waals surface area contributed by atoms with E-state index in [1.807, 2.05) is 4.90 Å². The summed E-state index contributed by atoms with van der Waals surface area (Å²) in [4.78, 5) is 29.3. The molecule has 0 radical (unpaired) electrons. The van der Waals surface area contributed by atoms with E-state index in [1.165, 1.54) is 39.2 Å². The van der Waals surface area contributed by atoms with Crippen LogP contribution in [0.2, 0.25) is 0 Å². The largest absolute Gasteiger partial charge is 0.493 e. The van der Waals surface area contributed by atoms with Gasteiger partial charge in [-0.1, -0.05) is 44.9 Å². The molecule has 1 aromatic carbocycles. The van der Waals surface area contributed by atoms with Crippen LogP contribution in [-0.2, 0) is 16.2 Å². The van der Waals surface area contributed by atoms with E-state index in [9.17, 15) is 24.9 Å². The molecule has 4 aliphatic rings. The minimum Gasteiger partial charge on any atom is -0.493 e. The molecule has 41 heavy (non-hydrogen) atoms. The second-order valence-electron chi connectivity index (χ2n) is 12.3. The third kappa shape index (κ3) is 6.42. The maximum Gasteiger partial charge on any atom is 0.247 e. The Kier molecular flexibility index (Phi) is 9.88. The number of methoxy groups -OCH3 is 1. The van der Waals surface area contributed by atoms with Crippen LogP contribution in [0.1, 0.15) is 87.7 Å². The van der Waals surface area contributed by atoms with Gasteiger partial charge < -0.3 is 35.0 Å². The van der Waals surface area contributed by atoms with Gasteiger partial charge in [0.1, 0.15) is 12.2 Å². The summed E-state index contributed by atoms with van der Waals surface area (Å²) in [5, 5.41) is 33.9. The van der Waals surface area contributed by atoms with Crippen LogP contribution >= 0.6 is 0 Å². The van der Waals surface area contributed by atoms with E-state index in [0.717, 1.165) is 32.1 Å². The van der Waals surface area contributed by atoms with Gasteiger partial charge in [-0.2, -0.15) is 0 Å². The van der Waals surface area contributed by atoms with Gasteiger partial charge in [-0.15, -0.1) is 0 Å². The number of benzene rings is 1. The lowest BCUT2D eigenvalue weighted by Gasteiger charge is -2.42. The molecule has 1 aliphatic heterocycles. The minimum absolute atomic E-state index is 0.0204. The number of carbonyl (C=O) groups excluding carboxylic acids is 2. The Balaban J connectivity index is 1.50. The molecule has 5 rings (SSSR count). The molecule has 2 saturated carbocycles. The molecular weight excluding hydrogens is 524 g/mol. The zero-order chi connectivity index (χ0) is 28.9. The SMILES string of the molecule is COc1cc(CO)cc2c1O[C@@H]1[C@@H](O)[C@H](N(CC3CCCCC3)C(=O)CCC3CCCC3)C=C(C(=O)NCCO)[C@H]21. The summed E-state index contributed by atoms with van der Waals surface area (Å²) >= 11 is 0. The first-order chi connectivity index (χ1) is 19.9. The van der Waals surface area contributed by atoms with E-state index >= 15 is 0 Å². The van der Waals surface area contributed by atoms with Gasteiger partial charge in [-0.25, -0.2) is 0 Å². The quantitative estimate of drug-likeness (QED) is 0.322. The number of nitrogens with one attached hydrogen (secondary N) is 1. The number of nitrogens with zero attached hydrogens (tertiary/aromatic N) is 1. The average molecular weight is 571 g/mol. The first kappa shape index (κ1) is 29.9. The Labute approximate surface area is 242 Å². The number of hydrogen-bond acceptors (Lipinski definition) is 7. The van der Waals surface area contributed by atoms with Crippen molar-refractivity contribution in [3.05, 3.63) is 34.9 Å². The Hall–Kier alpha value is -2.62. The predicted octanol–water partition coefficient (Wildman–Crippen LogP) is 3.19. The van der Waals surface area contributed by atoms with Gasteiger partial charge in [0, 0.05) is 30.6 Å². The van der Waals surface area contributed by atoms with Crippen molar-refractivity contribution in [2.75, 3.05) is 26.8 Å². The Morgan fingerprint density at radius 3 is 2.44 bits per heavy atom. The molecule has 9 nitrogen and oxygen atoms in total. The van der Waals surface area contributed by atoms with Gasteiger partial charge in [0.2, 0.25) is 11.8 Å². The van der Waals surface area contributed by atoms with E-state index < -0.39 is 24.2 Å². The van der Waals surface area contributed by atoms with Crippen molar-refractivity contribution in [1.29, 1.82) is 0 Å². The molecule has 4 N–H and O–H groups in total. The topological polar surface area (TPSA) is 129 Å². The molecule has 2 fully saturated rings. The van der Waals surface area contributed by atoms with Gasteiger partial charge in [-0.05, 0) is 54.9 Å². The Morgan fingerprint density at radius 2 is 1.76 bits per heavy atom. The van der Waals surface area contributed by atoms with Crippen molar-refractivity contribution < 1.29 is 34.4 Å². The summed E-state index contributed by atoms with van der Waals surface area (Å²) in [6.45, 7) is 0.213. The van der Waals surface area contributed by atoms with E-state index in [-0.39, 0.29) is 31.6 Å². The number of rotatable bonds is 11. The van der Waals surface area contributed by atoms with Gasteiger partial charge >= 0.3 is 0 Å². The third-order valence-electron chi connectivity index (χ3n) is 9.60. The average Bonchev–Trinajstić information content (AvgIpc) is 3.66. The lowest BCUT2D eigenvalue weighted by molar-refractivity contribution is -0.138. The first-order valence-corrected chi connectivity index (χ1v) is 15.5. The number of ether oxygens (including phenoxy) is 2. The molecule has 0 unspecified atom stereocenters. The van der Waals surface area contributed by atoms with Crippen molar-refractivity contribution >= 4 is 11.8 Å². The molecule has 0 bridgehead atoms. The summed E-state index contributed by atoms with van der Waals surface area (Å²) in [5.74, 6) is 0.836. The van der Waals surface area contributed by atoms with Crippen LogP contribution in [0, 0.1) is 11.8 Å². The van der Waals surface area contributed by atoms with Gasteiger partial charge in [0.15, 0.2) is 11.5 Å². The highest BCUT2D eigenvalue weighted by atomic mass is 16.5. The number of aliphatic hydroxyl groups excluding tert-OH is 3. The lowest BCUT2D eigenvalue weighted by atomic mass is 9.76. The smallest absolute Gasteiger partial charge is 0.247 e. The van der Waals surface area contributed by atoms with Crippen molar-refractivity contribution in [2.45, 2.75) is 101 Å². The molecule has 2 amide bonds. The van der Waals surface area contributed by atoms with Gasteiger partial charge in [-0.3, -0.25) is 9.59 Å². The maximum absolute atomic E-state index is 13.9. The highest BCUT2D eigenvalue weighted by molar-refractivity contribution is 5.96. The normalized spacial score (nSPS) is 26.1. The van der Waals surface area contributed by atoms with Crippen LogP contribution in [-0.4, -0.2) is 77.1 Å². The van der Waals surface area contributed by atoms with Crippen LogP contribution in [0.4, 0.5) is 0 Å². The Morgan fingerprint density at radius 1 is 1.05 bits per heavy atom. The molecule has 0 spiro atoms. The van der Waals surface area contributed by atoms with Crippen LogP contribution in [0.5, 0.6) is 11.5 Å². The molecule has 226 valence electrons. The zero-order valence-corrected chi connectivity index (χ0v) is 24.2.